The van der Waals surface area contributed by atoms with Crippen LogP contribution < -0.4 is 5.73 Å². The maximum Gasteiger partial charge on any atom is 0.119 e. The Morgan fingerprint density at radius 2 is 2.00 bits per heavy atom. The van der Waals surface area contributed by atoms with Gasteiger partial charge in [0.25, 0.3) is 0 Å². The van der Waals surface area contributed by atoms with Crippen LogP contribution in [-0.4, -0.2) is 5.84 Å². The molecule has 0 saturated heterocycles. The molecular formula is C14H12N4S. The van der Waals surface area contributed by atoms with Crippen LogP contribution in [0, 0.1) is 35.5 Å². The maximum atomic E-state index is 9.32. The van der Waals surface area contributed by atoms with Crippen molar-refractivity contribution in [2.24, 2.45) is 16.6 Å². The molecule has 4 nitrogen and oxygen atoms in total. The van der Waals surface area contributed by atoms with Crippen molar-refractivity contribution in [3.63, 3.8) is 0 Å². The summed E-state index contributed by atoms with van der Waals surface area (Å²) in [7, 11) is 0. The zero-order chi connectivity index (χ0) is 14.0. The molecule has 1 aromatic rings. The van der Waals surface area contributed by atoms with E-state index in [0.29, 0.717) is 10.6 Å². The van der Waals surface area contributed by atoms with E-state index in [2.05, 4.69) is 29.8 Å². The predicted octanol–water partition coefficient (Wildman–Crippen LogP) is 2.25. The highest BCUT2D eigenvalue weighted by atomic mass is 32.1. The zero-order valence-electron chi connectivity index (χ0n) is 10.3. The molecule has 1 aliphatic rings. The normalized spacial score (nSPS) is 22.4. The van der Waals surface area contributed by atoms with Crippen molar-refractivity contribution in [1.29, 1.82) is 10.5 Å². The number of nitrogens with zero attached hydrogens (tertiary/aromatic N) is 3. The fourth-order valence-electron chi connectivity index (χ4n) is 2.26. The molecule has 2 N–H and O–H groups in total. The summed E-state index contributed by atoms with van der Waals surface area (Å²) in [5, 5.41) is 18.9. The van der Waals surface area contributed by atoms with Crippen LogP contribution in [0.4, 0.5) is 0 Å². The maximum absolute atomic E-state index is 9.32. The van der Waals surface area contributed by atoms with Gasteiger partial charge in [0.15, 0.2) is 0 Å². The molecule has 0 aliphatic carbocycles. The molecule has 1 unspecified atom stereocenters. The van der Waals surface area contributed by atoms with Gasteiger partial charge in [-0.2, -0.15) is 10.5 Å². The highest BCUT2D eigenvalue weighted by Crippen LogP contribution is 2.39. The first-order valence-corrected chi connectivity index (χ1v) is 6.17. The van der Waals surface area contributed by atoms with Gasteiger partial charge in [0.2, 0.25) is 0 Å². The first kappa shape index (κ1) is 13.2. The number of aliphatic imine (C=N–C) groups is 1. The van der Waals surface area contributed by atoms with Crippen molar-refractivity contribution in [3.05, 3.63) is 46.0 Å². The minimum atomic E-state index is -0.633. The number of hydrogen-bond acceptors (Lipinski definition) is 5. The van der Waals surface area contributed by atoms with Gasteiger partial charge in [-0.25, -0.2) is 4.99 Å². The lowest BCUT2D eigenvalue weighted by molar-refractivity contribution is 0.705. The van der Waals surface area contributed by atoms with Crippen LogP contribution in [0.5, 0.6) is 0 Å². The van der Waals surface area contributed by atoms with E-state index in [1.165, 1.54) is 0 Å². The number of hydrogen-bond donors (Lipinski definition) is 2. The monoisotopic (exact) mass is 268 g/mol. The quantitative estimate of drug-likeness (QED) is 0.766. The molecule has 2 rings (SSSR count). The second-order valence-electron chi connectivity index (χ2n) is 4.33. The van der Waals surface area contributed by atoms with Crippen LogP contribution in [0.3, 0.4) is 0 Å². The van der Waals surface area contributed by atoms with Gasteiger partial charge in [-0.1, -0.05) is 24.3 Å². The summed E-state index contributed by atoms with van der Waals surface area (Å²) in [4.78, 5) is 3.99. The van der Waals surface area contributed by atoms with Gasteiger partial charge in [-0.15, -0.1) is 12.6 Å². The molecule has 0 fully saturated rings. The molecule has 19 heavy (non-hydrogen) atoms. The third-order valence-electron chi connectivity index (χ3n) is 3.22. The van der Waals surface area contributed by atoms with Gasteiger partial charge in [0, 0.05) is 5.92 Å². The number of aryl methyl sites for hydroxylation is 1. The van der Waals surface area contributed by atoms with Crippen molar-refractivity contribution < 1.29 is 0 Å². The highest BCUT2D eigenvalue weighted by Gasteiger charge is 2.35. The largest absolute Gasteiger partial charge is 0.386 e. The summed E-state index contributed by atoms with van der Waals surface area (Å²) in [5.74, 6) is -0.826. The highest BCUT2D eigenvalue weighted by molar-refractivity contribution is 7.84. The van der Waals surface area contributed by atoms with Crippen LogP contribution in [0.1, 0.15) is 17.0 Å². The Bertz CT molecular complexity index is 661. The standard InChI is InChI=1S/C14H12N4S/c1-8-4-2-3-5-9(8)12-10(6-15)13(17)18-14(19)11(12)7-16/h2-5,10,12,19H,1H3,(H2,17,18)/t10?,12-/m0/s1. The summed E-state index contributed by atoms with van der Waals surface area (Å²) in [6.45, 7) is 1.94. The van der Waals surface area contributed by atoms with Crippen LogP contribution in [0.15, 0.2) is 39.9 Å². The van der Waals surface area contributed by atoms with Gasteiger partial charge in [0.1, 0.15) is 16.8 Å². The Kier molecular flexibility index (Phi) is 3.59. The number of benzene rings is 1. The van der Waals surface area contributed by atoms with E-state index in [1.807, 2.05) is 31.2 Å². The van der Waals surface area contributed by atoms with Gasteiger partial charge in [-0.3, -0.25) is 0 Å². The summed E-state index contributed by atoms with van der Waals surface area (Å²) in [6.07, 6.45) is 0. The molecule has 0 amide bonds. The molecule has 1 aromatic carbocycles. The number of allylic oxidation sites excluding steroid dienone is 1. The average Bonchev–Trinajstić information content (AvgIpc) is 2.38. The van der Waals surface area contributed by atoms with E-state index in [-0.39, 0.29) is 5.84 Å². The van der Waals surface area contributed by atoms with Crippen molar-refractivity contribution in [2.75, 3.05) is 0 Å². The van der Waals surface area contributed by atoms with Crippen LogP contribution >= 0.6 is 12.6 Å². The fraction of sp³-hybridized carbons (Fsp3) is 0.214. The van der Waals surface area contributed by atoms with Crippen molar-refractivity contribution in [2.45, 2.75) is 12.8 Å². The average molecular weight is 268 g/mol. The Hall–Kier alpha value is -2.24. The first-order chi connectivity index (χ1) is 9.10. The lowest BCUT2D eigenvalue weighted by atomic mass is 9.78. The number of amidine groups is 1. The van der Waals surface area contributed by atoms with Gasteiger partial charge in [-0.05, 0) is 18.1 Å². The van der Waals surface area contributed by atoms with Gasteiger partial charge in [0.05, 0.1) is 17.7 Å². The zero-order valence-corrected chi connectivity index (χ0v) is 11.2. The third-order valence-corrected chi connectivity index (χ3v) is 3.56. The minimum absolute atomic E-state index is 0.208. The summed E-state index contributed by atoms with van der Waals surface area (Å²) in [6, 6.07) is 11.9. The van der Waals surface area contributed by atoms with E-state index in [9.17, 15) is 10.5 Å². The van der Waals surface area contributed by atoms with Crippen molar-refractivity contribution >= 4 is 18.5 Å². The smallest absolute Gasteiger partial charge is 0.119 e. The number of nitrogens with two attached hydrogens (primary N) is 1. The molecule has 0 radical (unpaired) electrons. The third kappa shape index (κ3) is 2.21. The Morgan fingerprint density at radius 1 is 1.32 bits per heavy atom. The minimum Gasteiger partial charge on any atom is -0.386 e. The van der Waals surface area contributed by atoms with Crippen LogP contribution in [-0.2, 0) is 0 Å². The molecule has 1 aliphatic heterocycles. The lowest BCUT2D eigenvalue weighted by Gasteiger charge is -2.26. The molecule has 1 heterocycles. The molecule has 0 aromatic heterocycles. The Balaban J connectivity index is 2.66. The van der Waals surface area contributed by atoms with Crippen molar-refractivity contribution in [1.82, 2.24) is 0 Å². The second-order valence-corrected chi connectivity index (χ2v) is 4.75. The topological polar surface area (TPSA) is 86.0 Å². The molecule has 2 atom stereocenters. The summed E-state index contributed by atoms with van der Waals surface area (Å²) < 4.78 is 0. The molecule has 0 saturated carbocycles. The molecular weight excluding hydrogens is 256 g/mol. The molecule has 0 spiro atoms. The SMILES string of the molecule is Cc1ccccc1[C@@H]1C(C#N)=C(S)N=C(N)C1C#N. The number of nitriles is 2. The van der Waals surface area contributed by atoms with Crippen LogP contribution in [0.25, 0.3) is 0 Å². The number of thiol groups is 1. The predicted molar refractivity (Wildman–Crippen MR) is 76.3 cm³/mol. The van der Waals surface area contributed by atoms with E-state index >= 15 is 0 Å². The number of rotatable bonds is 1. The summed E-state index contributed by atoms with van der Waals surface area (Å²) in [5.41, 5.74) is 8.12. The van der Waals surface area contributed by atoms with E-state index in [4.69, 9.17) is 5.73 Å². The first-order valence-electron chi connectivity index (χ1n) is 5.72. The molecule has 0 bridgehead atoms. The second kappa shape index (κ2) is 5.17. The van der Waals surface area contributed by atoms with E-state index in [1.54, 1.807) is 0 Å². The Labute approximate surface area is 117 Å². The van der Waals surface area contributed by atoms with Gasteiger partial charge < -0.3 is 5.73 Å². The summed E-state index contributed by atoms with van der Waals surface area (Å²) >= 11 is 4.20. The van der Waals surface area contributed by atoms with E-state index < -0.39 is 11.8 Å². The van der Waals surface area contributed by atoms with Crippen molar-refractivity contribution in [3.8, 4) is 12.1 Å². The fourth-order valence-corrected chi connectivity index (χ4v) is 2.56. The molecule has 5 heteroatoms. The Morgan fingerprint density at radius 3 is 2.58 bits per heavy atom. The molecule has 94 valence electrons. The lowest BCUT2D eigenvalue weighted by Crippen LogP contribution is -2.32. The van der Waals surface area contributed by atoms with E-state index in [0.717, 1.165) is 11.1 Å². The van der Waals surface area contributed by atoms with Gasteiger partial charge >= 0.3 is 0 Å². The van der Waals surface area contributed by atoms with Crippen LogP contribution in [0.2, 0.25) is 0 Å².